The van der Waals surface area contributed by atoms with E-state index in [9.17, 15) is 13.2 Å². The molecule has 0 spiro atoms. The highest BCUT2D eigenvalue weighted by atomic mass is 32.2. The van der Waals surface area contributed by atoms with Gasteiger partial charge in [-0.1, -0.05) is 18.2 Å². The smallest absolute Gasteiger partial charge is 0.263 e. The van der Waals surface area contributed by atoms with E-state index in [2.05, 4.69) is 25.2 Å². The normalized spacial score (nSPS) is 17.6. The van der Waals surface area contributed by atoms with E-state index in [1.54, 1.807) is 42.7 Å². The number of aromatic nitrogens is 3. The molecule has 5 rings (SSSR count). The van der Waals surface area contributed by atoms with Crippen molar-refractivity contribution >= 4 is 38.2 Å². The Kier molecular flexibility index (Phi) is 5.02. The number of nitrogens with zero attached hydrogens (tertiary/aromatic N) is 3. The Bertz CT molecular complexity index is 1390. The SMILES string of the molecule is O=C(Nc1ccc2cnccc2c1)[C@@H]1CC1c1ccc(S(=O)(=O)Nc2cccnn2)cc1. The Morgan fingerprint density at radius 2 is 1.81 bits per heavy atom. The summed E-state index contributed by atoms with van der Waals surface area (Å²) in [5, 5.41) is 12.4. The second kappa shape index (κ2) is 8.01. The third kappa shape index (κ3) is 4.15. The quantitative estimate of drug-likeness (QED) is 0.469. The van der Waals surface area contributed by atoms with E-state index in [4.69, 9.17) is 0 Å². The highest BCUT2D eigenvalue weighted by Crippen LogP contribution is 2.48. The van der Waals surface area contributed by atoms with Crippen LogP contribution < -0.4 is 10.0 Å². The van der Waals surface area contributed by atoms with Gasteiger partial charge in [0, 0.05) is 35.6 Å². The standard InChI is InChI=1S/C23H19N5O3S/c29-23(26-18-6-3-17-14-24-11-9-16(17)12-18)21-13-20(21)15-4-7-19(8-5-15)32(30,31)28-22-2-1-10-25-27-22/h1-12,14,20-21H,13H2,(H,26,29)(H,27,28)/t20?,21-/m1/s1. The fourth-order valence-corrected chi connectivity index (χ4v) is 4.69. The molecule has 2 heterocycles. The number of fused-ring (bicyclic) bond motifs is 1. The van der Waals surface area contributed by atoms with Crippen LogP contribution in [0.3, 0.4) is 0 Å². The second-order valence-corrected chi connectivity index (χ2v) is 9.34. The summed E-state index contributed by atoms with van der Waals surface area (Å²) in [6.07, 6.45) is 5.70. The average molecular weight is 446 g/mol. The summed E-state index contributed by atoms with van der Waals surface area (Å²) in [7, 11) is -3.76. The number of pyridine rings is 1. The maximum atomic E-state index is 12.7. The van der Waals surface area contributed by atoms with E-state index in [1.807, 2.05) is 24.3 Å². The molecule has 0 aliphatic heterocycles. The van der Waals surface area contributed by atoms with Crippen LogP contribution in [-0.4, -0.2) is 29.5 Å². The molecule has 160 valence electrons. The third-order valence-corrected chi connectivity index (χ3v) is 6.84. The van der Waals surface area contributed by atoms with Crippen LogP contribution in [0.2, 0.25) is 0 Å². The molecule has 1 unspecified atom stereocenters. The predicted octanol–water partition coefficient (Wildman–Crippen LogP) is 3.57. The summed E-state index contributed by atoms with van der Waals surface area (Å²) in [5.74, 6) is 0.0533. The van der Waals surface area contributed by atoms with E-state index < -0.39 is 10.0 Å². The Morgan fingerprint density at radius 3 is 2.59 bits per heavy atom. The maximum Gasteiger partial charge on any atom is 0.263 e. The summed E-state index contributed by atoms with van der Waals surface area (Å²) in [6.45, 7) is 0. The first-order valence-electron chi connectivity index (χ1n) is 10.0. The number of rotatable bonds is 6. The topological polar surface area (TPSA) is 114 Å². The number of hydrogen-bond acceptors (Lipinski definition) is 6. The zero-order valence-electron chi connectivity index (χ0n) is 16.8. The number of nitrogens with one attached hydrogen (secondary N) is 2. The summed E-state index contributed by atoms with van der Waals surface area (Å²) in [4.78, 5) is 16.9. The van der Waals surface area contributed by atoms with Crippen LogP contribution in [0.4, 0.5) is 11.5 Å². The highest BCUT2D eigenvalue weighted by Gasteiger charge is 2.44. The molecule has 1 aliphatic carbocycles. The molecule has 32 heavy (non-hydrogen) atoms. The number of anilines is 2. The number of carbonyl (C=O) groups is 1. The van der Waals surface area contributed by atoms with Crippen LogP contribution in [0.15, 0.2) is 84.1 Å². The number of amides is 1. The Hall–Kier alpha value is -3.85. The number of hydrogen-bond donors (Lipinski definition) is 2. The molecule has 2 aromatic carbocycles. The van der Waals surface area contributed by atoms with Gasteiger partial charge in [-0.25, -0.2) is 8.42 Å². The van der Waals surface area contributed by atoms with Crippen LogP contribution in [0.25, 0.3) is 10.8 Å². The molecule has 2 atom stereocenters. The molecule has 0 radical (unpaired) electrons. The second-order valence-electron chi connectivity index (χ2n) is 7.66. The van der Waals surface area contributed by atoms with Crippen molar-refractivity contribution in [3.05, 3.63) is 84.8 Å². The van der Waals surface area contributed by atoms with Gasteiger partial charge in [-0.2, -0.15) is 5.10 Å². The lowest BCUT2D eigenvalue weighted by atomic mass is 10.1. The lowest BCUT2D eigenvalue weighted by Gasteiger charge is -2.08. The lowest BCUT2D eigenvalue weighted by Crippen LogP contribution is -2.15. The Labute approximate surface area is 184 Å². The van der Waals surface area contributed by atoms with Crippen LogP contribution >= 0.6 is 0 Å². The molecule has 2 N–H and O–H groups in total. The first-order chi connectivity index (χ1) is 15.5. The summed E-state index contributed by atoms with van der Waals surface area (Å²) < 4.78 is 27.4. The van der Waals surface area contributed by atoms with Gasteiger partial charge in [0.25, 0.3) is 10.0 Å². The minimum Gasteiger partial charge on any atom is -0.326 e. The molecular weight excluding hydrogens is 426 g/mol. The molecule has 1 amide bonds. The first-order valence-corrected chi connectivity index (χ1v) is 11.5. The zero-order chi connectivity index (χ0) is 22.1. The van der Waals surface area contributed by atoms with Gasteiger partial charge in [0.05, 0.1) is 4.90 Å². The van der Waals surface area contributed by atoms with Gasteiger partial charge in [0.2, 0.25) is 5.91 Å². The van der Waals surface area contributed by atoms with E-state index in [0.29, 0.717) is 0 Å². The molecule has 1 aliphatic rings. The van der Waals surface area contributed by atoms with Gasteiger partial charge in [0.15, 0.2) is 5.82 Å². The van der Waals surface area contributed by atoms with E-state index in [-0.39, 0.29) is 28.5 Å². The van der Waals surface area contributed by atoms with Crippen molar-refractivity contribution < 1.29 is 13.2 Å². The average Bonchev–Trinajstić information content (AvgIpc) is 3.61. The van der Waals surface area contributed by atoms with Gasteiger partial charge in [-0.05, 0) is 65.8 Å². The molecule has 4 aromatic rings. The minimum absolute atomic E-state index is 0.0376. The van der Waals surface area contributed by atoms with Crippen LogP contribution in [-0.2, 0) is 14.8 Å². The number of benzene rings is 2. The maximum absolute atomic E-state index is 12.7. The fourth-order valence-electron chi connectivity index (χ4n) is 3.70. The van der Waals surface area contributed by atoms with Crippen molar-refractivity contribution in [2.45, 2.75) is 17.2 Å². The summed E-state index contributed by atoms with van der Waals surface area (Å²) >= 11 is 0. The van der Waals surface area contributed by atoms with Gasteiger partial charge >= 0.3 is 0 Å². The zero-order valence-corrected chi connectivity index (χ0v) is 17.7. The molecule has 1 fully saturated rings. The van der Waals surface area contributed by atoms with Crippen LogP contribution in [0.1, 0.15) is 17.9 Å². The van der Waals surface area contributed by atoms with E-state index >= 15 is 0 Å². The van der Waals surface area contributed by atoms with Crippen molar-refractivity contribution in [1.82, 2.24) is 15.2 Å². The number of sulfonamides is 1. The van der Waals surface area contributed by atoms with Crippen LogP contribution in [0, 0.1) is 5.92 Å². The molecule has 0 bridgehead atoms. The summed E-state index contributed by atoms with van der Waals surface area (Å²) in [5.41, 5.74) is 1.68. The van der Waals surface area contributed by atoms with Crippen molar-refractivity contribution in [3.8, 4) is 0 Å². The predicted molar refractivity (Wildman–Crippen MR) is 121 cm³/mol. The minimum atomic E-state index is -3.76. The molecule has 2 aromatic heterocycles. The van der Waals surface area contributed by atoms with E-state index in [0.717, 1.165) is 28.4 Å². The monoisotopic (exact) mass is 445 g/mol. The highest BCUT2D eigenvalue weighted by molar-refractivity contribution is 7.92. The molecule has 0 saturated heterocycles. The number of carbonyl (C=O) groups excluding carboxylic acids is 1. The third-order valence-electron chi connectivity index (χ3n) is 5.47. The van der Waals surface area contributed by atoms with Crippen molar-refractivity contribution in [2.75, 3.05) is 10.0 Å². The largest absolute Gasteiger partial charge is 0.326 e. The first kappa shape index (κ1) is 20.1. The van der Waals surface area contributed by atoms with Crippen molar-refractivity contribution in [1.29, 1.82) is 0 Å². The van der Waals surface area contributed by atoms with Crippen molar-refractivity contribution in [3.63, 3.8) is 0 Å². The summed E-state index contributed by atoms with van der Waals surface area (Å²) in [6, 6.07) is 17.3. The van der Waals surface area contributed by atoms with Crippen molar-refractivity contribution in [2.24, 2.45) is 5.92 Å². The lowest BCUT2D eigenvalue weighted by molar-refractivity contribution is -0.117. The van der Waals surface area contributed by atoms with Crippen LogP contribution in [0.5, 0.6) is 0 Å². The molecule has 8 nitrogen and oxygen atoms in total. The van der Waals surface area contributed by atoms with Gasteiger partial charge in [-0.15, -0.1) is 5.10 Å². The molecule has 1 saturated carbocycles. The van der Waals surface area contributed by atoms with Gasteiger partial charge < -0.3 is 5.32 Å². The van der Waals surface area contributed by atoms with E-state index in [1.165, 1.54) is 12.3 Å². The van der Waals surface area contributed by atoms with Gasteiger partial charge in [0.1, 0.15) is 0 Å². The fraction of sp³-hybridized carbons (Fsp3) is 0.130. The molecular formula is C23H19N5O3S. The van der Waals surface area contributed by atoms with Gasteiger partial charge in [-0.3, -0.25) is 14.5 Å². The molecule has 9 heteroatoms. The Balaban J connectivity index is 1.24. The Morgan fingerprint density at radius 1 is 0.969 bits per heavy atom.